The van der Waals surface area contributed by atoms with Gasteiger partial charge in [0, 0.05) is 6.42 Å². The van der Waals surface area contributed by atoms with Crippen LogP contribution in [0.4, 0.5) is 0 Å². The zero-order chi connectivity index (χ0) is 28.3. The van der Waals surface area contributed by atoms with Gasteiger partial charge in [-0.3, -0.25) is 4.79 Å². The van der Waals surface area contributed by atoms with Gasteiger partial charge >= 0.3 is 11.9 Å². The lowest BCUT2D eigenvalue weighted by Gasteiger charge is -2.61. The number of aliphatic hydroxyl groups is 4. The van der Waals surface area contributed by atoms with Crippen LogP contribution in [0.25, 0.3) is 0 Å². The number of aliphatic carboxylic acids is 1. The van der Waals surface area contributed by atoms with E-state index in [0.29, 0.717) is 35.5 Å². The second-order valence-electron chi connectivity index (χ2n) is 14.1. The van der Waals surface area contributed by atoms with E-state index in [4.69, 9.17) is 9.47 Å². The molecule has 222 valence electrons. The summed E-state index contributed by atoms with van der Waals surface area (Å²) in [6.45, 7) is 7.20. The van der Waals surface area contributed by atoms with E-state index in [2.05, 4.69) is 20.8 Å². The number of carboxylic acids is 1. The third kappa shape index (κ3) is 5.05. The highest BCUT2D eigenvalue weighted by atomic mass is 16.7. The number of hydrogen-bond donors (Lipinski definition) is 5. The summed E-state index contributed by atoms with van der Waals surface area (Å²) in [7, 11) is 0. The molecular formula is C30H48O9. The third-order valence-corrected chi connectivity index (χ3v) is 12.3. The molecule has 1 aliphatic heterocycles. The van der Waals surface area contributed by atoms with Gasteiger partial charge in [0.25, 0.3) is 0 Å². The molecule has 0 bridgehead atoms. The fraction of sp³-hybridized carbons (Fsp3) is 0.933. The molecule has 0 aromatic carbocycles. The number of ether oxygens (including phenoxy) is 2. The Hall–Kier alpha value is -1.26. The molecule has 0 aromatic heterocycles. The summed E-state index contributed by atoms with van der Waals surface area (Å²) in [5.74, 6) is 1.53. The second kappa shape index (κ2) is 10.9. The van der Waals surface area contributed by atoms with Crippen LogP contribution in [0.5, 0.6) is 0 Å². The molecule has 0 aromatic rings. The van der Waals surface area contributed by atoms with Crippen molar-refractivity contribution in [3.63, 3.8) is 0 Å². The predicted octanol–water partition coefficient (Wildman–Crippen LogP) is 2.86. The van der Waals surface area contributed by atoms with Crippen molar-refractivity contribution in [1.29, 1.82) is 0 Å². The summed E-state index contributed by atoms with van der Waals surface area (Å²) in [4.78, 5) is 24.0. The molecule has 0 amide bonds. The molecule has 4 saturated carbocycles. The Morgan fingerprint density at radius 3 is 2.31 bits per heavy atom. The van der Waals surface area contributed by atoms with Crippen molar-refractivity contribution in [3.8, 4) is 0 Å². The molecule has 14 atom stereocenters. The highest BCUT2D eigenvalue weighted by molar-refractivity contribution is 5.73. The first-order chi connectivity index (χ1) is 18.4. The monoisotopic (exact) mass is 552 g/mol. The minimum absolute atomic E-state index is 0.107. The normalized spacial score (nSPS) is 50.3. The maximum absolute atomic E-state index is 12.7. The van der Waals surface area contributed by atoms with Crippen LogP contribution in [0, 0.1) is 46.3 Å². The Morgan fingerprint density at radius 2 is 1.59 bits per heavy atom. The summed E-state index contributed by atoms with van der Waals surface area (Å²) in [5.41, 5.74) is 0.603. The zero-order valence-corrected chi connectivity index (χ0v) is 23.6. The van der Waals surface area contributed by atoms with Crippen molar-refractivity contribution in [2.45, 2.75) is 128 Å². The van der Waals surface area contributed by atoms with Gasteiger partial charge in [-0.25, -0.2) is 4.79 Å². The fourth-order valence-corrected chi connectivity index (χ4v) is 10.1. The van der Waals surface area contributed by atoms with E-state index in [-0.39, 0.29) is 17.9 Å². The van der Waals surface area contributed by atoms with E-state index < -0.39 is 42.6 Å². The van der Waals surface area contributed by atoms with Crippen LogP contribution < -0.4 is 0 Å². The van der Waals surface area contributed by atoms with Crippen LogP contribution in [0.2, 0.25) is 0 Å². The molecule has 0 spiro atoms. The number of rotatable bonds is 6. The van der Waals surface area contributed by atoms with Crippen molar-refractivity contribution in [2.24, 2.45) is 46.3 Å². The molecule has 5 rings (SSSR count). The molecule has 5 fully saturated rings. The SMILES string of the molecule is C[C@H](CCC(=O)O[C@@H]1O[C@H](C(=O)O)[C@@H](O)[C@H](O)[C@H]1O)[C@H]1CC[C@H]2[C@@H]3CC[C@@H]4C[C@H](O)CC[C@]4(C)[C@H]3CC[C@]12C. The lowest BCUT2D eigenvalue weighted by Crippen LogP contribution is -2.60. The molecule has 9 nitrogen and oxygen atoms in total. The van der Waals surface area contributed by atoms with Crippen LogP contribution in [0.1, 0.15) is 91.4 Å². The van der Waals surface area contributed by atoms with Gasteiger partial charge in [-0.05, 0) is 111 Å². The number of fused-ring (bicyclic) bond motifs is 5. The van der Waals surface area contributed by atoms with E-state index >= 15 is 0 Å². The van der Waals surface area contributed by atoms with E-state index in [0.717, 1.165) is 37.5 Å². The smallest absolute Gasteiger partial charge is 0.335 e. The Kier molecular flexibility index (Phi) is 8.14. The fourth-order valence-electron chi connectivity index (χ4n) is 10.1. The molecule has 1 saturated heterocycles. The average molecular weight is 553 g/mol. The third-order valence-electron chi connectivity index (χ3n) is 12.3. The summed E-state index contributed by atoms with van der Waals surface area (Å²) in [6, 6.07) is 0. The Labute approximate surface area is 231 Å². The predicted molar refractivity (Wildman–Crippen MR) is 140 cm³/mol. The first-order valence-electron chi connectivity index (χ1n) is 15.2. The van der Waals surface area contributed by atoms with Gasteiger partial charge in [-0.15, -0.1) is 0 Å². The highest BCUT2D eigenvalue weighted by Crippen LogP contribution is 2.68. The van der Waals surface area contributed by atoms with Crippen LogP contribution in [0.3, 0.4) is 0 Å². The van der Waals surface area contributed by atoms with Crippen LogP contribution >= 0.6 is 0 Å². The van der Waals surface area contributed by atoms with Crippen molar-refractivity contribution >= 4 is 11.9 Å². The topological polar surface area (TPSA) is 154 Å². The minimum Gasteiger partial charge on any atom is -0.479 e. The molecule has 5 N–H and O–H groups in total. The summed E-state index contributed by atoms with van der Waals surface area (Å²) < 4.78 is 10.3. The molecule has 5 aliphatic rings. The van der Waals surface area contributed by atoms with Gasteiger partial charge in [0.05, 0.1) is 6.10 Å². The van der Waals surface area contributed by atoms with Crippen LogP contribution in [-0.2, 0) is 19.1 Å². The van der Waals surface area contributed by atoms with E-state index in [1.807, 2.05) is 0 Å². The molecule has 39 heavy (non-hydrogen) atoms. The molecule has 4 aliphatic carbocycles. The average Bonchev–Trinajstić information content (AvgIpc) is 3.25. The molecule has 0 radical (unpaired) electrons. The Morgan fingerprint density at radius 1 is 0.897 bits per heavy atom. The van der Waals surface area contributed by atoms with Crippen molar-refractivity contribution in [2.75, 3.05) is 0 Å². The lowest BCUT2D eigenvalue weighted by atomic mass is 9.44. The van der Waals surface area contributed by atoms with Gasteiger partial charge in [0.2, 0.25) is 6.29 Å². The number of esters is 1. The van der Waals surface area contributed by atoms with Gasteiger partial charge in [-0.2, -0.15) is 0 Å². The number of carbonyl (C=O) groups excluding carboxylic acids is 1. The van der Waals surface area contributed by atoms with E-state index in [1.54, 1.807) is 0 Å². The van der Waals surface area contributed by atoms with Crippen LogP contribution in [-0.4, -0.2) is 74.3 Å². The van der Waals surface area contributed by atoms with Gasteiger partial charge in [-0.1, -0.05) is 20.8 Å². The summed E-state index contributed by atoms with van der Waals surface area (Å²) >= 11 is 0. The molecule has 1 heterocycles. The van der Waals surface area contributed by atoms with Gasteiger partial charge in [0.15, 0.2) is 6.10 Å². The molecule has 9 heteroatoms. The summed E-state index contributed by atoms with van der Waals surface area (Å²) in [5, 5.41) is 49.5. The number of aliphatic hydroxyl groups excluding tert-OH is 4. The van der Waals surface area contributed by atoms with Crippen LogP contribution in [0.15, 0.2) is 0 Å². The lowest BCUT2D eigenvalue weighted by molar-refractivity contribution is -0.286. The van der Waals surface area contributed by atoms with Gasteiger partial charge in [0.1, 0.15) is 18.3 Å². The number of carbonyl (C=O) groups is 2. The van der Waals surface area contributed by atoms with Gasteiger partial charge < -0.3 is 35.0 Å². The first kappa shape index (κ1) is 29.2. The zero-order valence-electron chi connectivity index (χ0n) is 23.6. The number of carboxylic acid groups (broad SMARTS) is 1. The van der Waals surface area contributed by atoms with Crippen molar-refractivity contribution < 1.29 is 44.6 Å². The van der Waals surface area contributed by atoms with E-state index in [1.165, 1.54) is 32.1 Å². The maximum Gasteiger partial charge on any atom is 0.335 e. The number of hydrogen-bond acceptors (Lipinski definition) is 8. The Balaban J connectivity index is 1.18. The largest absolute Gasteiger partial charge is 0.479 e. The summed E-state index contributed by atoms with van der Waals surface area (Å²) in [6.07, 6.45) is 2.24. The quantitative estimate of drug-likeness (QED) is 0.313. The maximum atomic E-state index is 12.7. The van der Waals surface area contributed by atoms with Crippen molar-refractivity contribution in [3.05, 3.63) is 0 Å². The minimum atomic E-state index is -1.82. The van der Waals surface area contributed by atoms with E-state index in [9.17, 15) is 35.1 Å². The Bertz CT molecular complexity index is 926. The highest BCUT2D eigenvalue weighted by Gasteiger charge is 2.60. The standard InChI is InChI=1S/C30H48O9/c1-15(4-9-22(32)38-28-25(35)23(33)24(34)26(39-28)27(36)37)19-7-8-20-18-6-5-16-14-17(31)10-12-29(16,2)21(18)11-13-30(19,20)3/h15-21,23-26,28,31,33-35H,4-14H2,1-3H3,(H,36,37)/t15-,16-,17-,18+,19-,20+,21+,23+,24+,25-,26+,28-,29+,30-/m1/s1. The first-order valence-corrected chi connectivity index (χ1v) is 15.2. The van der Waals surface area contributed by atoms with Crippen molar-refractivity contribution in [1.82, 2.24) is 0 Å². The molecule has 0 unspecified atom stereocenters. The second-order valence-corrected chi connectivity index (χ2v) is 14.1. The molecular weight excluding hydrogens is 504 g/mol.